The van der Waals surface area contributed by atoms with Crippen LogP contribution in [0.2, 0.25) is 0 Å². The minimum Gasteiger partial charge on any atom is -0.494 e. The van der Waals surface area contributed by atoms with Gasteiger partial charge in [-0.15, -0.1) is 11.3 Å². The van der Waals surface area contributed by atoms with Crippen molar-refractivity contribution in [2.24, 2.45) is 5.92 Å². The van der Waals surface area contributed by atoms with Crippen molar-refractivity contribution in [3.05, 3.63) is 46.4 Å². The molecule has 122 valence electrons. The van der Waals surface area contributed by atoms with Crippen LogP contribution in [0.1, 0.15) is 23.0 Å². The first-order chi connectivity index (χ1) is 11.1. The molecule has 2 aromatic rings. The van der Waals surface area contributed by atoms with Crippen LogP contribution in [0, 0.1) is 5.92 Å². The Hall–Kier alpha value is -2.41. The Balaban J connectivity index is 1.93. The van der Waals surface area contributed by atoms with Crippen LogP contribution in [0.4, 0.5) is 0 Å². The number of nitrogens with zero attached hydrogens (tertiary/aromatic N) is 1. The number of carboxylic acid groups (broad SMARTS) is 1. The molecule has 1 amide bonds. The molecular formula is C16H18N2O4S. The highest BCUT2D eigenvalue weighted by Gasteiger charge is 2.20. The quantitative estimate of drug-likeness (QED) is 0.773. The first kappa shape index (κ1) is 17.0. The van der Waals surface area contributed by atoms with Gasteiger partial charge < -0.3 is 15.2 Å². The summed E-state index contributed by atoms with van der Waals surface area (Å²) >= 11 is 1.32. The van der Waals surface area contributed by atoms with Crippen molar-refractivity contribution in [1.82, 2.24) is 10.3 Å². The van der Waals surface area contributed by atoms with Crippen molar-refractivity contribution in [3.63, 3.8) is 0 Å². The summed E-state index contributed by atoms with van der Waals surface area (Å²) in [5.41, 5.74) is 2.74. The molecule has 1 aromatic heterocycles. The van der Waals surface area contributed by atoms with Gasteiger partial charge >= 0.3 is 5.97 Å². The number of hydrogen-bond donors (Lipinski definition) is 2. The minimum atomic E-state index is -0.947. The van der Waals surface area contributed by atoms with Gasteiger partial charge in [0, 0.05) is 11.9 Å². The summed E-state index contributed by atoms with van der Waals surface area (Å²) < 4.78 is 5.35. The molecule has 2 rings (SSSR count). The smallest absolute Gasteiger partial charge is 0.308 e. The minimum absolute atomic E-state index is 0.0545. The third-order valence-corrected chi connectivity index (χ3v) is 3.83. The van der Waals surface area contributed by atoms with E-state index >= 15 is 0 Å². The zero-order valence-corrected chi connectivity index (χ0v) is 13.5. The van der Waals surface area contributed by atoms with E-state index in [1.807, 2.05) is 31.2 Å². The zero-order valence-electron chi connectivity index (χ0n) is 12.7. The average Bonchev–Trinajstić information content (AvgIpc) is 3.07. The summed E-state index contributed by atoms with van der Waals surface area (Å²) in [6.45, 7) is 2.54. The topological polar surface area (TPSA) is 88.5 Å². The number of benzene rings is 1. The molecule has 0 aliphatic rings. The van der Waals surface area contributed by atoms with Gasteiger partial charge in [0.25, 0.3) is 5.91 Å². The summed E-state index contributed by atoms with van der Waals surface area (Å²) in [5, 5.41) is 13.6. The van der Waals surface area contributed by atoms with Crippen LogP contribution >= 0.6 is 11.3 Å². The van der Waals surface area contributed by atoms with E-state index in [0.29, 0.717) is 18.7 Å². The van der Waals surface area contributed by atoms with Crippen molar-refractivity contribution < 1.29 is 19.4 Å². The SMILES string of the molecule is CCOc1ccc(CC(CNC(=O)c2cscn2)C(=O)O)cc1. The number of thiazole rings is 1. The van der Waals surface area contributed by atoms with Gasteiger partial charge in [-0.1, -0.05) is 12.1 Å². The van der Waals surface area contributed by atoms with Gasteiger partial charge in [0.1, 0.15) is 11.4 Å². The molecule has 1 heterocycles. The van der Waals surface area contributed by atoms with Gasteiger partial charge in [-0.3, -0.25) is 9.59 Å². The van der Waals surface area contributed by atoms with E-state index in [1.165, 1.54) is 11.3 Å². The lowest BCUT2D eigenvalue weighted by molar-refractivity contribution is -0.141. The number of carbonyl (C=O) groups excluding carboxylic acids is 1. The Labute approximate surface area is 138 Å². The summed E-state index contributed by atoms with van der Waals surface area (Å²) in [5.74, 6) is -1.25. The van der Waals surface area contributed by atoms with Crippen LogP contribution in [0.5, 0.6) is 5.75 Å². The molecular weight excluding hydrogens is 316 g/mol. The third kappa shape index (κ3) is 5.07. The lowest BCUT2D eigenvalue weighted by atomic mass is 9.99. The second-order valence-corrected chi connectivity index (χ2v) is 5.62. The maximum atomic E-state index is 11.8. The number of aromatic nitrogens is 1. The van der Waals surface area contributed by atoms with Crippen molar-refractivity contribution in [2.75, 3.05) is 13.2 Å². The maximum Gasteiger partial charge on any atom is 0.308 e. The predicted octanol–water partition coefficient (Wildman–Crippen LogP) is 2.22. The highest BCUT2D eigenvalue weighted by molar-refractivity contribution is 7.07. The van der Waals surface area contributed by atoms with Crippen LogP contribution in [0.25, 0.3) is 0 Å². The monoisotopic (exact) mass is 334 g/mol. The van der Waals surface area contributed by atoms with Gasteiger partial charge in [0.15, 0.2) is 0 Å². The number of aliphatic carboxylic acids is 1. The van der Waals surface area contributed by atoms with E-state index in [9.17, 15) is 14.7 Å². The zero-order chi connectivity index (χ0) is 16.7. The molecule has 0 spiro atoms. The van der Waals surface area contributed by atoms with E-state index in [-0.39, 0.29) is 12.5 Å². The summed E-state index contributed by atoms with van der Waals surface area (Å²) in [4.78, 5) is 27.1. The number of ether oxygens (including phenoxy) is 1. The molecule has 2 N–H and O–H groups in total. The Kier molecular flexibility index (Phi) is 6.10. The fourth-order valence-electron chi connectivity index (χ4n) is 2.05. The first-order valence-corrected chi connectivity index (χ1v) is 8.15. The molecule has 1 aromatic carbocycles. The largest absolute Gasteiger partial charge is 0.494 e. The molecule has 0 radical (unpaired) electrons. The molecule has 1 atom stereocenters. The lowest BCUT2D eigenvalue weighted by Crippen LogP contribution is -2.34. The molecule has 0 bridgehead atoms. The van der Waals surface area contributed by atoms with Gasteiger partial charge in [0.2, 0.25) is 0 Å². The normalized spacial score (nSPS) is 11.7. The molecule has 6 nitrogen and oxygen atoms in total. The second-order valence-electron chi connectivity index (χ2n) is 4.90. The molecule has 7 heteroatoms. The highest BCUT2D eigenvalue weighted by atomic mass is 32.1. The third-order valence-electron chi connectivity index (χ3n) is 3.24. The summed E-state index contributed by atoms with van der Waals surface area (Å²) in [6.07, 6.45) is 0.332. The van der Waals surface area contributed by atoms with Crippen LogP contribution in [-0.2, 0) is 11.2 Å². The Bertz CT molecular complexity index is 641. The Morgan fingerprint density at radius 3 is 2.65 bits per heavy atom. The van der Waals surface area contributed by atoms with Crippen LogP contribution < -0.4 is 10.1 Å². The van der Waals surface area contributed by atoms with E-state index in [2.05, 4.69) is 10.3 Å². The van der Waals surface area contributed by atoms with E-state index in [4.69, 9.17) is 4.74 Å². The van der Waals surface area contributed by atoms with Gasteiger partial charge in [-0.25, -0.2) is 4.98 Å². The number of amides is 1. The molecule has 1 unspecified atom stereocenters. The van der Waals surface area contributed by atoms with E-state index in [0.717, 1.165) is 11.3 Å². The average molecular weight is 334 g/mol. The molecule has 23 heavy (non-hydrogen) atoms. The number of rotatable bonds is 8. The number of carboxylic acids is 1. The van der Waals surface area contributed by atoms with Crippen molar-refractivity contribution >= 4 is 23.2 Å². The summed E-state index contributed by atoms with van der Waals surface area (Å²) in [7, 11) is 0. The molecule has 0 aliphatic carbocycles. The molecule has 0 saturated heterocycles. The standard InChI is InChI=1S/C16H18N2O4S/c1-2-22-13-5-3-11(4-6-13)7-12(16(20)21)8-17-15(19)14-9-23-10-18-14/h3-6,9-10,12H,2,7-8H2,1H3,(H,17,19)(H,20,21). The second kappa shape index (κ2) is 8.28. The van der Waals surface area contributed by atoms with Crippen LogP contribution in [0.15, 0.2) is 35.2 Å². The highest BCUT2D eigenvalue weighted by Crippen LogP contribution is 2.15. The molecule has 0 aliphatic heterocycles. The van der Waals surface area contributed by atoms with Gasteiger partial charge in [-0.05, 0) is 31.0 Å². The van der Waals surface area contributed by atoms with Crippen LogP contribution in [-0.4, -0.2) is 35.1 Å². The van der Waals surface area contributed by atoms with Crippen LogP contribution in [0.3, 0.4) is 0 Å². The molecule has 0 fully saturated rings. The van der Waals surface area contributed by atoms with Gasteiger partial charge in [0.05, 0.1) is 18.0 Å². The van der Waals surface area contributed by atoms with Crippen molar-refractivity contribution in [3.8, 4) is 5.75 Å². The molecule has 0 saturated carbocycles. The Morgan fingerprint density at radius 2 is 2.09 bits per heavy atom. The fourth-order valence-corrected chi connectivity index (χ4v) is 2.58. The predicted molar refractivity (Wildman–Crippen MR) is 86.9 cm³/mol. The first-order valence-electron chi connectivity index (χ1n) is 7.21. The van der Waals surface area contributed by atoms with Crippen molar-refractivity contribution in [2.45, 2.75) is 13.3 Å². The lowest BCUT2D eigenvalue weighted by Gasteiger charge is -2.13. The van der Waals surface area contributed by atoms with Gasteiger partial charge in [-0.2, -0.15) is 0 Å². The van der Waals surface area contributed by atoms with E-state index in [1.54, 1.807) is 10.9 Å². The fraction of sp³-hybridized carbons (Fsp3) is 0.312. The number of nitrogens with one attached hydrogen (secondary N) is 1. The summed E-state index contributed by atoms with van der Waals surface area (Å²) in [6, 6.07) is 7.30. The maximum absolute atomic E-state index is 11.8. The number of carbonyl (C=O) groups is 2. The number of hydrogen-bond acceptors (Lipinski definition) is 5. The Morgan fingerprint density at radius 1 is 1.35 bits per heavy atom. The van der Waals surface area contributed by atoms with E-state index < -0.39 is 11.9 Å². The van der Waals surface area contributed by atoms with Crippen molar-refractivity contribution in [1.29, 1.82) is 0 Å².